The lowest BCUT2D eigenvalue weighted by Gasteiger charge is -2.09. The van der Waals surface area contributed by atoms with Crippen LogP contribution in [0.25, 0.3) is 11.3 Å². The van der Waals surface area contributed by atoms with Gasteiger partial charge < -0.3 is 5.11 Å². The molecular formula is C16H11F3N4O2. The maximum atomic E-state index is 12.6. The van der Waals surface area contributed by atoms with Gasteiger partial charge in [0, 0.05) is 18.0 Å². The number of carboxylic acid groups (broad SMARTS) is 1. The Kier molecular flexibility index (Phi) is 4.22. The Morgan fingerprint density at radius 3 is 2.44 bits per heavy atom. The standard InChI is InChI=1S/C16H11F3N4O2/c17-16(18,19)12-5-3-10(4-6-12)9-23-14(11-2-1-7-20-8-11)13(15(24)25)21-22-23/h1-8H,9H2,(H,24,25). The van der Waals surface area contributed by atoms with Crippen LogP contribution < -0.4 is 0 Å². The van der Waals surface area contributed by atoms with Gasteiger partial charge in [0.2, 0.25) is 0 Å². The van der Waals surface area contributed by atoms with E-state index in [1.807, 2.05) is 0 Å². The van der Waals surface area contributed by atoms with E-state index in [1.54, 1.807) is 12.1 Å². The van der Waals surface area contributed by atoms with Crippen LogP contribution in [-0.4, -0.2) is 31.1 Å². The number of alkyl halides is 3. The van der Waals surface area contributed by atoms with Gasteiger partial charge in [-0.05, 0) is 29.8 Å². The minimum Gasteiger partial charge on any atom is -0.476 e. The number of hydrogen-bond acceptors (Lipinski definition) is 4. The van der Waals surface area contributed by atoms with Crippen molar-refractivity contribution in [1.29, 1.82) is 0 Å². The summed E-state index contributed by atoms with van der Waals surface area (Å²) in [7, 11) is 0. The average Bonchev–Trinajstić information content (AvgIpc) is 2.99. The highest BCUT2D eigenvalue weighted by Gasteiger charge is 2.30. The van der Waals surface area contributed by atoms with Crippen molar-refractivity contribution in [3.05, 3.63) is 65.6 Å². The maximum Gasteiger partial charge on any atom is 0.416 e. The third-order valence-electron chi connectivity index (χ3n) is 3.49. The maximum absolute atomic E-state index is 12.6. The molecule has 0 fully saturated rings. The highest BCUT2D eigenvalue weighted by Crippen LogP contribution is 2.29. The number of pyridine rings is 1. The molecular weight excluding hydrogens is 337 g/mol. The van der Waals surface area contributed by atoms with E-state index < -0.39 is 17.7 Å². The molecule has 6 nitrogen and oxygen atoms in total. The zero-order valence-electron chi connectivity index (χ0n) is 12.6. The van der Waals surface area contributed by atoms with E-state index in [1.165, 1.54) is 29.2 Å². The van der Waals surface area contributed by atoms with Gasteiger partial charge in [0.25, 0.3) is 0 Å². The van der Waals surface area contributed by atoms with Crippen molar-refractivity contribution < 1.29 is 23.1 Å². The van der Waals surface area contributed by atoms with Crippen LogP contribution >= 0.6 is 0 Å². The van der Waals surface area contributed by atoms with Gasteiger partial charge in [-0.3, -0.25) is 4.98 Å². The number of halogens is 3. The highest BCUT2D eigenvalue weighted by molar-refractivity contribution is 5.92. The zero-order valence-corrected chi connectivity index (χ0v) is 12.6. The summed E-state index contributed by atoms with van der Waals surface area (Å²) in [5.74, 6) is -1.25. The van der Waals surface area contributed by atoms with Crippen LogP contribution in [0.1, 0.15) is 21.6 Å². The van der Waals surface area contributed by atoms with Gasteiger partial charge in [-0.25, -0.2) is 9.48 Å². The van der Waals surface area contributed by atoms with Gasteiger partial charge in [0.1, 0.15) is 5.69 Å². The topological polar surface area (TPSA) is 80.9 Å². The molecule has 0 bridgehead atoms. The number of hydrogen-bond donors (Lipinski definition) is 1. The van der Waals surface area contributed by atoms with Crippen LogP contribution in [0.3, 0.4) is 0 Å². The molecule has 2 heterocycles. The smallest absolute Gasteiger partial charge is 0.416 e. The fraction of sp³-hybridized carbons (Fsp3) is 0.125. The largest absolute Gasteiger partial charge is 0.476 e. The van der Waals surface area contributed by atoms with Crippen molar-refractivity contribution in [2.75, 3.05) is 0 Å². The Morgan fingerprint density at radius 1 is 1.16 bits per heavy atom. The summed E-state index contributed by atoms with van der Waals surface area (Å²) in [6.45, 7) is 0.0721. The lowest BCUT2D eigenvalue weighted by molar-refractivity contribution is -0.137. The van der Waals surface area contributed by atoms with Crippen LogP contribution in [0.15, 0.2) is 48.8 Å². The third-order valence-corrected chi connectivity index (χ3v) is 3.49. The molecule has 0 aliphatic heterocycles. The molecule has 25 heavy (non-hydrogen) atoms. The number of nitrogens with zero attached hydrogens (tertiary/aromatic N) is 4. The molecule has 0 unspecified atom stereocenters. The normalized spacial score (nSPS) is 11.5. The summed E-state index contributed by atoms with van der Waals surface area (Å²) in [6, 6.07) is 7.86. The fourth-order valence-electron chi connectivity index (χ4n) is 2.33. The SMILES string of the molecule is O=C(O)c1nnn(Cc2ccc(C(F)(F)F)cc2)c1-c1cccnc1. The van der Waals surface area contributed by atoms with Gasteiger partial charge in [0.15, 0.2) is 5.69 Å². The molecule has 2 aromatic heterocycles. The molecule has 1 N–H and O–H groups in total. The van der Waals surface area contributed by atoms with E-state index >= 15 is 0 Å². The molecule has 0 saturated carbocycles. The molecule has 3 aromatic rings. The number of benzene rings is 1. The number of carbonyl (C=O) groups is 1. The summed E-state index contributed by atoms with van der Waals surface area (Å²) in [5, 5.41) is 16.7. The minimum absolute atomic E-state index is 0.0721. The lowest BCUT2D eigenvalue weighted by atomic mass is 10.1. The number of aromatic carboxylic acids is 1. The second kappa shape index (κ2) is 6.34. The fourth-order valence-corrected chi connectivity index (χ4v) is 2.33. The average molecular weight is 348 g/mol. The predicted octanol–water partition coefficient (Wildman–Crippen LogP) is 3.11. The molecule has 9 heteroatoms. The molecule has 0 aliphatic carbocycles. The van der Waals surface area contributed by atoms with E-state index in [0.29, 0.717) is 11.1 Å². The molecule has 1 aromatic carbocycles. The van der Waals surface area contributed by atoms with Gasteiger partial charge in [-0.1, -0.05) is 17.3 Å². The van der Waals surface area contributed by atoms with E-state index in [4.69, 9.17) is 0 Å². The highest BCUT2D eigenvalue weighted by atomic mass is 19.4. The van der Waals surface area contributed by atoms with Crippen molar-refractivity contribution in [1.82, 2.24) is 20.0 Å². The van der Waals surface area contributed by atoms with Crippen molar-refractivity contribution in [3.63, 3.8) is 0 Å². The molecule has 0 saturated heterocycles. The molecule has 3 rings (SSSR count). The molecule has 0 amide bonds. The Hall–Kier alpha value is -3.23. The van der Waals surface area contributed by atoms with Gasteiger partial charge in [0.05, 0.1) is 12.1 Å². The first-order valence-corrected chi connectivity index (χ1v) is 7.09. The van der Waals surface area contributed by atoms with Gasteiger partial charge in [-0.15, -0.1) is 5.10 Å². The van der Waals surface area contributed by atoms with Crippen molar-refractivity contribution >= 4 is 5.97 Å². The van der Waals surface area contributed by atoms with Crippen LogP contribution in [0, 0.1) is 0 Å². The quantitative estimate of drug-likeness (QED) is 0.784. The third kappa shape index (κ3) is 3.49. The summed E-state index contributed by atoms with van der Waals surface area (Å²) in [5.41, 5.74) is 0.255. The van der Waals surface area contributed by atoms with Crippen LogP contribution in [0.2, 0.25) is 0 Å². The molecule has 0 spiro atoms. The molecule has 0 aliphatic rings. The second-order valence-corrected chi connectivity index (χ2v) is 5.19. The Balaban J connectivity index is 1.97. The number of aromatic nitrogens is 4. The predicted molar refractivity (Wildman–Crippen MR) is 80.8 cm³/mol. The van der Waals surface area contributed by atoms with Gasteiger partial charge >= 0.3 is 12.1 Å². The molecule has 0 atom stereocenters. The number of rotatable bonds is 4. The van der Waals surface area contributed by atoms with E-state index in [2.05, 4.69) is 15.3 Å². The lowest BCUT2D eigenvalue weighted by Crippen LogP contribution is -2.08. The monoisotopic (exact) mass is 348 g/mol. The van der Waals surface area contributed by atoms with Gasteiger partial charge in [-0.2, -0.15) is 13.2 Å². The Bertz CT molecular complexity index is 890. The van der Waals surface area contributed by atoms with E-state index in [9.17, 15) is 23.1 Å². The van der Waals surface area contributed by atoms with Crippen molar-refractivity contribution in [3.8, 4) is 11.3 Å². The van der Waals surface area contributed by atoms with E-state index in [-0.39, 0.29) is 17.9 Å². The second-order valence-electron chi connectivity index (χ2n) is 5.19. The first-order chi connectivity index (χ1) is 11.9. The number of carboxylic acids is 1. The van der Waals surface area contributed by atoms with Crippen LogP contribution in [-0.2, 0) is 12.7 Å². The van der Waals surface area contributed by atoms with Crippen molar-refractivity contribution in [2.24, 2.45) is 0 Å². The Labute approximate surface area is 139 Å². The minimum atomic E-state index is -4.41. The molecule has 0 radical (unpaired) electrons. The molecule has 128 valence electrons. The van der Waals surface area contributed by atoms with Crippen LogP contribution in [0.4, 0.5) is 13.2 Å². The first kappa shape index (κ1) is 16.6. The van der Waals surface area contributed by atoms with Crippen LogP contribution in [0.5, 0.6) is 0 Å². The zero-order chi connectivity index (χ0) is 18.0. The summed E-state index contributed by atoms with van der Waals surface area (Å²) in [6.07, 6.45) is -1.41. The summed E-state index contributed by atoms with van der Waals surface area (Å²) < 4.78 is 39.2. The summed E-state index contributed by atoms with van der Waals surface area (Å²) in [4.78, 5) is 15.3. The van der Waals surface area contributed by atoms with E-state index in [0.717, 1.165) is 12.1 Å². The first-order valence-electron chi connectivity index (χ1n) is 7.09. The summed E-state index contributed by atoms with van der Waals surface area (Å²) >= 11 is 0. The Morgan fingerprint density at radius 2 is 1.88 bits per heavy atom. The van der Waals surface area contributed by atoms with Crippen molar-refractivity contribution in [2.45, 2.75) is 12.7 Å².